The van der Waals surface area contributed by atoms with Crippen molar-refractivity contribution in [3.8, 4) is 0 Å². The van der Waals surface area contributed by atoms with Gasteiger partial charge in [-0.05, 0) is 49.5 Å². The zero-order valence-corrected chi connectivity index (χ0v) is 10.3. The van der Waals surface area contributed by atoms with Crippen LogP contribution in [0.2, 0.25) is 0 Å². The first-order valence-electron chi connectivity index (χ1n) is 6.21. The van der Waals surface area contributed by atoms with Crippen LogP contribution in [0.15, 0.2) is 24.3 Å². The Morgan fingerprint density at radius 1 is 1.19 bits per heavy atom. The van der Waals surface area contributed by atoms with Crippen molar-refractivity contribution in [1.29, 1.82) is 0 Å². The molecule has 1 atom stereocenters. The van der Waals surface area contributed by atoms with Gasteiger partial charge in [0.2, 0.25) is 0 Å². The molecule has 1 N–H and O–H groups in total. The first-order valence-corrected chi connectivity index (χ1v) is 6.21. The molecule has 1 unspecified atom stereocenters. The van der Waals surface area contributed by atoms with E-state index in [0.29, 0.717) is 5.92 Å². The minimum atomic E-state index is -0.152. The summed E-state index contributed by atoms with van der Waals surface area (Å²) >= 11 is 0. The van der Waals surface area contributed by atoms with Gasteiger partial charge in [-0.25, -0.2) is 4.39 Å². The predicted octanol–water partition coefficient (Wildman–Crippen LogP) is 3.39. The summed E-state index contributed by atoms with van der Waals surface area (Å²) in [6, 6.07) is 6.86. The lowest BCUT2D eigenvalue weighted by Gasteiger charge is -2.15. The minimum Gasteiger partial charge on any atom is -0.316 e. The van der Waals surface area contributed by atoms with Gasteiger partial charge >= 0.3 is 0 Å². The second kappa shape index (κ2) is 7.39. The Hall–Kier alpha value is -0.890. The quantitative estimate of drug-likeness (QED) is 0.699. The first kappa shape index (κ1) is 13.2. The van der Waals surface area contributed by atoms with Crippen LogP contribution in [0.25, 0.3) is 0 Å². The average molecular weight is 223 g/mol. The minimum absolute atomic E-state index is 0.152. The average Bonchev–Trinajstić information content (AvgIpc) is 2.31. The molecule has 0 amide bonds. The van der Waals surface area contributed by atoms with Gasteiger partial charge in [-0.3, -0.25) is 0 Å². The number of benzene rings is 1. The predicted molar refractivity (Wildman–Crippen MR) is 67.0 cm³/mol. The second-order valence-corrected chi connectivity index (χ2v) is 4.31. The molecule has 0 saturated carbocycles. The maximum absolute atomic E-state index is 12.7. The van der Waals surface area contributed by atoms with Crippen molar-refractivity contribution in [3.63, 3.8) is 0 Å². The fourth-order valence-corrected chi connectivity index (χ4v) is 1.80. The summed E-state index contributed by atoms with van der Waals surface area (Å²) in [6.07, 6.45) is 3.37. The van der Waals surface area contributed by atoms with E-state index < -0.39 is 0 Å². The van der Waals surface area contributed by atoms with Gasteiger partial charge in [0.25, 0.3) is 0 Å². The highest BCUT2D eigenvalue weighted by Crippen LogP contribution is 2.12. The van der Waals surface area contributed by atoms with E-state index in [1.807, 2.05) is 12.1 Å². The highest BCUT2D eigenvalue weighted by atomic mass is 19.1. The van der Waals surface area contributed by atoms with Gasteiger partial charge in [0.05, 0.1) is 0 Å². The van der Waals surface area contributed by atoms with Crippen LogP contribution in [-0.4, -0.2) is 13.1 Å². The van der Waals surface area contributed by atoms with Crippen molar-refractivity contribution in [3.05, 3.63) is 35.6 Å². The molecule has 1 aromatic rings. The Labute approximate surface area is 98.1 Å². The maximum Gasteiger partial charge on any atom is 0.123 e. The Morgan fingerprint density at radius 3 is 2.44 bits per heavy atom. The molecule has 0 aromatic heterocycles. The number of hydrogen-bond acceptors (Lipinski definition) is 1. The normalized spacial score (nSPS) is 12.7. The summed E-state index contributed by atoms with van der Waals surface area (Å²) in [4.78, 5) is 0. The van der Waals surface area contributed by atoms with Gasteiger partial charge in [0, 0.05) is 0 Å². The smallest absolute Gasteiger partial charge is 0.123 e. The molecular weight excluding hydrogens is 201 g/mol. The largest absolute Gasteiger partial charge is 0.316 e. The van der Waals surface area contributed by atoms with E-state index in [-0.39, 0.29) is 5.82 Å². The molecule has 90 valence electrons. The molecular formula is C14H22FN. The van der Waals surface area contributed by atoms with Crippen molar-refractivity contribution in [2.45, 2.75) is 33.1 Å². The SMILES string of the molecule is CCCNCC(CC)Cc1ccc(F)cc1. The van der Waals surface area contributed by atoms with Crippen molar-refractivity contribution in [2.24, 2.45) is 5.92 Å². The molecule has 1 nitrogen and oxygen atoms in total. The lowest BCUT2D eigenvalue weighted by Crippen LogP contribution is -2.24. The van der Waals surface area contributed by atoms with Crippen LogP contribution < -0.4 is 5.32 Å². The Bertz CT molecular complexity index is 281. The Morgan fingerprint density at radius 2 is 1.88 bits per heavy atom. The fourth-order valence-electron chi connectivity index (χ4n) is 1.80. The number of hydrogen-bond donors (Lipinski definition) is 1. The molecule has 0 fully saturated rings. The zero-order chi connectivity index (χ0) is 11.8. The molecule has 2 heteroatoms. The molecule has 0 aliphatic carbocycles. The van der Waals surface area contributed by atoms with Gasteiger partial charge in [0.1, 0.15) is 5.82 Å². The number of rotatable bonds is 7. The van der Waals surface area contributed by atoms with E-state index in [2.05, 4.69) is 19.2 Å². The topological polar surface area (TPSA) is 12.0 Å². The molecule has 0 aliphatic heterocycles. The Balaban J connectivity index is 2.40. The van der Waals surface area contributed by atoms with Crippen molar-refractivity contribution < 1.29 is 4.39 Å². The lowest BCUT2D eigenvalue weighted by atomic mass is 9.97. The van der Waals surface area contributed by atoms with Crippen molar-refractivity contribution >= 4 is 0 Å². The van der Waals surface area contributed by atoms with Gasteiger partial charge in [-0.2, -0.15) is 0 Å². The van der Waals surface area contributed by atoms with Gasteiger partial charge in [-0.15, -0.1) is 0 Å². The first-order chi connectivity index (χ1) is 7.76. The standard InChI is InChI=1S/C14H22FN/c1-3-9-16-11-12(4-2)10-13-5-7-14(15)8-6-13/h5-8,12,16H,3-4,9-11H2,1-2H3. The van der Waals surface area contributed by atoms with E-state index >= 15 is 0 Å². The van der Waals surface area contributed by atoms with Gasteiger partial charge in [-0.1, -0.05) is 32.4 Å². The fraction of sp³-hybridized carbons (Fsp3) is 0.571. The molecule has 0 aliphatic rings. The summed E-state index contributed by atoms with van der Waals surface area (Å²) in [5.41, 5.74) is 1.23. The van der Waals surface area contributed by atoms with Crippen LogP contribution in [0.3, 0.4) is 0 Å². The third kappa shape index (κ3) is 4.75. The van der Waals surface area contributed by atoms with Crippen molar-refractivity contribution in [1.82, 2.24) is 5.32 Å². The van der Waals surface area contributed by atoms with Crippen LogP contribution in [0.5, 0.6) is 0 Å². The highest BCUT2D eigenvalue weighted by molar-refractivity contribution is 5.16. The van der Waals surface area contributed by atoms with E-state index in [4.69, 9.17) is 0 Å². The van der Waals surface area contributed by atoms with Gasteiger partial charge in [0.15, 0.2) is 0 Å². The third-order valence-electron chi connectivity index (χ3n) is 2.87. The third-order valence-corrected chi connectivity index (χ3v) is 2.87. The Kier molecular flexibility index (Phi) is 6.09. The van der Waals surface area contributed by atoms with E-state index in [1.165, 1.54) is 12.0 Å². The molecule has 0 radical (unpaired) electrons. The van der Waals surface area contributed by atoms with Crippen LogP contribution in [-0.2, 0) is 6.42 Å². The maximum atomic E-state index is 12.7. The molecule has 0 saturated heterocycles. The number of nitrogens with one attached hydrogen (secondary N) is 1. The number of halogens is 1. The molecule has 0 spiro atoms. The highest BCUT2D eigenvalue weighted by Gasteiger charge is 2.06. The summed E-state index contributed by atoms with van der Waals surface area (Å²) in [6.45, 7) is 6.53. The summed E-state index contributed by atoms with van der Waals surface area (Å²) in [5.74, 6) is 0.498. The van der Waals surface area contributed by atoms with Gasteiger partial charge < -0.3 is 5.32 Å². The monoisotopic (exact) mass is 223 g/mol. The van der Waals surface area contributed by atoms with E-state index in [0.717, 1.165) is 25.9 Å². The van der Waals surface area contributed by atoms with E-state index in [9.17, 15) is 4.39 Å². The molecule has 1 aromatic carbocycles. The zero-order valence-electron chi connectivity index (χ0n) is 10.3. The summed E-state index contributed by atoms with van der Waals surface area (Å²) in [7, 11) is 0. The molecule has 16 heavy (non-hydrogen) atoms. The second-order valence-electron chi connectivity index (χ2n) is 4.31. The summed E-state index contributed by atoms with van der Waals surface area (Å²) < 4.78 is 12.7. The van der Waals surface area contributed by atoms with Crippen LogP contribution in [0.1, 0.15) is 32.3 Å². The lowest BCUT2D eigenvalue weighted by molar-refractivity contribution is 0.460. The molecule has 0 bridgehead atoms. The van der Waals surface area contributed by atoms with E-state index in [1.54, 1.807) is 12.1 Å². The molecule has 0 heterocycles. The van der Waals surface area contributed by atoms with Crippen LogP contribution >= 0.6 is 0 Å². The molecule has 1 rings (SSSR count). The van der Waals surface area contributed by atoms with Crippen molar-refractivity contribution in [2.75, 3.05) is 13.1 Å². The van der Waals surface area contributed by atoms with Crippen LogP contribution in [0, 0.1) is 11.7 Å². The van der Waals surface area contributed by atoms with Crippen LogP contribution in [0.4, 0.5) is 4.39 Å². The summed E-state index contributed by atoms with van der Waals surface area (Å²) in [5, 5.41) is 3.44.